The third-order valence-electron chi connectivity index (χ3n) is 6.41. The Morgan fingerprint density at radius 1 is 1.03 bits per heavy atom. The molecule has 180 valence electrons. The first-order valence-electron chi connectivity index (χ1n) is 10.8. The molecule has 0 spiro atoms. The number of hydrogen-bond acceptors (Lipinski definition) is 4. The van der Waals surface area contributed by atoms with Crippen molar-refractivity contribution in [3.05, 3.63) is 93.8 Å². The van der Waals surface area contributed by atoms with Crippen molar-refractivity contribution in [1.29, 1.82) is 0 Å². The summed E-state index contributed by atoms with van der Waals surface area (Å²) >= 11 is 0. The Labute approximate surface area is 197 Å². The standard InChI is InChI=1S/C25H19F5N4O/c1-12-15-4-3-13(24(35)31-10-16-19(28)8-14(26)9-20(16)29)7-22(15)34-11-17-21(32-25(34)33(12)2)6-5-18(27)23(17)30/h3-9,12H,10-11H2,1-2H3,(H,31,35)/t12-/m0/s1. The van der Waals surface area contributed by atoms with E-state index in [1.807, 2.05) is 18.9 Å². The highest BCUT2D eigenvalue weighted by molar-refractivity contribution is 6.03. The average Bonchev–Trinajstić information content (AvgIpc) is 2.83. The van der Waals surface area contributed by atoms with Crippen LogP contribution in [0.2, 0.25) is 0 Å². The number of nitrogens with zero attached hydrogens (tertiary/aromatic N) is 3. The summed E-state index contributed by atoms with van der Waals surface area (Å²) in [6.07, 6.45) is 0. The number of hydrogen-bond donors (Lipinski definition) is 1. The zero-order valence-electron chi connectivity index (χ0n) is 18.7. The summed E-state index contributed by atoms with van der Waals surface area (Å²) in [5, 5.41) is 2.44. The highest BCUT2D eigenvalue weighted by atomic mass is 19.2. The minimum atomic E-state index is -1.10. The molecule has 3 aromatic carbocycles. The summed E-state index contributed by atoms with van der Waals surface area (Å²) in [4.78, 5) is 20.9. The second-order valence-electron chi connectivity index (χ2n) is 8.45. The minimum absolute atomic E-state index is 0.00110. The fourth-order valence-electron chi connectivity index (χ4n) is 4.36. The van der Waals surface area contributed by atoms with E-state index in [4.69, 9.17) is 0 Å². The van der Waals surface area contributed by atoms with Crippen molar-refractivity contribution in [2.45, 2.75) is 26.1 Å². The van der Waals surface area contributed by atoms with Gasteiger partial charge in [0.15, 0.2) is 11.6 Å². The topological polar surface area (TPSA) is 47.9 Å². The number of aliphatic imine (C=N–C) groups is 1. The number of halogens is 5. The molecule has 10 heteroatoms. The molecule has 2 heterocycles. The maximum absolute atomic E-state index is 14.5. The summed E-state index contributed by atoms with van der Waals surface area (Å²) in [6.45, 7) is 1.46. The molecule has 3 aromatic rings. The molecule has 0 saturated heterocycles. The number of carbonyl (C=O) groups excluding carboxylic acids is 1. The van der Waals surface area contributed by atoms with Gasteiger partial charge < -0.3 is 15.1 Å². The maximum Gasteiger partial charge on any atom is 0.251 e. The molecule has 0 saturated carbocycles. The first-order valence-corrected chi connectivity index (χ1v) is 10.8. The highest BCUT2D eigenvalue weighted by Crippen LogP contribution is 2.41. The maximum atomic E-state index is 14.5. The SMILES string of the molecule is C[C@H]1c2ccc(C(=O)NCc3c(F)cc(F)cc3F)cc2N2Cc3c(ccc(F)c3F)N=C2N1C. The zero-order valence-corrected chi connectivity index (χ0v) is 18.7. The Bertz CT molecular complexity index is 1380. The van der Waals surface area contributed by atoms with Crippen molar-refractivity contribution in [2.24, 2.45) is 4.99 Å². The van der Waals surface area contributed by atoms with Crippen molar-refractivity contribution in [1.82, 2.24) is 10.2 Å². The van der Waals surface area contributed by atoms with Crippen LogP contribution in [-0.2, 0) is 13.1 Å². The molecule has 0 aliphatic carbocycles. The number of anilines is 1. The highest BCUT2D eigenvalue weighted by Gasteiger charge is 2.36. The van der Waals surface area contributed by atoms with Gasteiger partial charge in [0.2, 0.25) is 5.96 Å². The minimum Gasteiger partial charge on any atom is -0.348 e. The van der Waals surface area contributed by atoms with Crippen LogP contribution in [0.25, 0.3) is 0 Å². The smallest absolute Gasteiger partial charge is 0.251 e. The van der Waals surface area contributed by atoms with Crippen molar-refractivity contribution in [2.75, 3.05) is 11.9 Å². The predicted octanol–water partition coefficient (Wildman–Crippen LogP) is 5.33. The van der Waals surface area contributed by atoms with E-state index in [-0.39, 0.29) is 23.7 Å². The van der Waals surface area contributed by atoms with E-state index < -0.39 is 47.1 Å². The molecule has 0 bridgehead atoms. The van der Waals surface area contributed by atoms with Gasteiger partial charge in [-0.1, -0.05) is 6.07 Å². The van der Waals surface area contributed by atoms with Gasteiger partial charge in [0.1, 0.15) is 17.5 Å². The van der Waals surface area contributed by atoms with E-state index in [0.29, 0.717) is 29.5 Å². The van der Waals surface area contributed by atoms with Gasteiger partial charge in [-0.3, -0.25) is 4.79 Å². The largest absolute Gasteiger partial charge is 0.348 e. The molecular formula is C25H19F5N4O. The molecule has 2 aliphatic rings. The number of guanidine groups is 1. The summed E-state index contributed by atoms with van der Waals surface area (Å²) in [5.74, 6) is -5.33. The Kier molecular flexibility index (Phi) is 5.46. The summed E-state index contributed by atoms with van der Waals surface area (Å²) < 4.78 is 69.4. The third kappa shape index (κ3) is 3.78. The van der Waals surface area contributed by atoms with Crippen molar-refractivity contribution in [3.8, 4) is 0 Å². The van der Waals surface area contributed by atoms with Gasteiger partial charge in [-0.2, -0.15) is 0 Å². The fourth-order valence-corrected chi connectivity index (χ4v) is 4.36. The van der Waals surface area contributed by atoms with Gasteiger partial charge in [-0.25, -0.2) is 26.9 Å². The van der Waals surface area contributed by atoms with Crippen LogP contribution in [0.5, 0.6) is 0 Å². The molecule has 1 atom stereocenters. The molecule has 35 heavy (non-hydrogen) atoms. The van der Waals surface area contributed by atoms with Crippen LogP contribution in [0.3, 0.4) is 0 Å². The van der Waals surface area contributed by atoms with E-state index >= 15 is 0 Å². The van der Waals surface area contributed by atoms with Crippen LogP contribution in [0.15, 0.2) is 47.5 Å². The summed E-state index contributed by atoms with van der Waals surface area (Å²) in [7, 11) is 1.83. The molecule has 1 N–H and O–H groups in total. The fraction of sp³-hybridized carbons (Fsp3) is 0.200. The number of nitrogens with one attached hydrogen (secondary N) is 1. The number of amides is 1. The Morgan fingerprint density at radius 2 is 1.74 bits per heavy atom. The molecule has 2 aliphatic heterocycles. The molecule has 0 aromatic heterocycles. The second-order valence-corrected chi connectivity index (χ2v) is 8.45. The van der Waals surface area contributed by atoms with Crippen LogP contribution < -0.4 is 10.2 Å². The molecular weight excluding hydrogens is 467 g/mol. The number of fused-ring (bicyclic) bond motifs is 4. The van der Waals surface area contributed by atoms with E-state index in [1.54, 1.807) is 23.1 Å². The molecule has 0 radical (unpaired) electrons. The van der Waals surface area contributed by atoms with Gasteiger partial charge in [0.25, 0.3) is 5.91 Å². The van der Waals surface area contributed by atoms with Gasteiger partial charge >= 0.3 is 0 Å². The lowest BCUT2D eigenvalue weighted by Gasteiger charge is -2.44. The number of benzene rings is 3. The second kappa shape index (κ2) is 8.37. The molecule has 5 nitrogen and oxygen atoms in total. The monoisotopic (exact) mass is 486 g/mol. The van der Waals surface area contributed by atoms with Crippen LogP contribution in [0, 0.1) is 29.1 Å². The van der Waals surface area contributed by atoms with Crippen LogP contribution in [0.1, 0.15) is 40.0 Å². The lowest BCUT2D eigenvalue weighted by molar-refractivity contribution is 0.0950. The zero-order chi connectivity index (χ0) is 25.0. The van der Waals surface area contributed by atoms with E-state index in [1.165, 1.54) is 6.07 Å². The first-order chi connectivity index (χ1) is 16.7. The van der Waals surface area contributed by atoms with Gasteiger partial charge in [0.05, 0.1) is 24.0 Å². The van der Waals surface area contributed by atoms with Crippen molar-refractivity contribution < 1.29 is 26.7 Å². The van der Waals surface area contributed by atoms with Gasteiger partial charge in [-0.15, -0.1) is 0 Å². The molecule has 1 amide bonds. The quantitative estimate of drug-likeness (QED) is 0.510. The van der Waals surface area contributed by atoms with E-state index in [2.05, 4.69) is 10.3 Å². The van der Waals surface area contributed by atoms with Crippen molar-refractivity contribution in [3.63, 3.8) is 0 Å². The normalized spacial score (nSPS) is 16.3. The molecule has 0 fully saturated rings. The Hall–Kier alpha value is -3.95. The van der Waals surface area contributed by atoms with Crippen LogP contribution in [0.4, 0.5) is 33.3 Å². The van der Waals surface area contributed by atoms with E-state index in [0.717, 1.165) is 11.6 Å². The Morgan fingerprint density at radius 3 is 2.46 bits per heavy atom. The summed E-state index contributed by atoms with van der Waals surface area (Å²) in [5.41, 5.74) is 1.56. The van der Waals surface area contributed by atoms with Gasteiger partial charge in [0, 0.05) is 42.4 Å². The molecule has 0 unspecified atom stereocenters. The molecule has 5 rings (SSSR count). The van der Waals surface area contributed by atoms with E-state index in [9.17, 15) is 26.7 Å². The lowest BCUT2D eigenvalue weighted by Crippen LogP contribution is -2.49. The van der Waals surface area contributed by atoms with Gasteiger partial charge in [-0.05, 0) is 36.8 Å². The van der Waals surface area contributed by atoms with Crippen LogP contribution in [-0.4, -0.2) is 23.8 Å². The van der Waals surface area contributed by atoms with Crippen LogP contribution >= 0.6 is 0 Å². The van der Waals surface area contributed by atoms with Crippen molar-refractivity contribution >= 4 is 23.2 Å². The third-order valence-corrected chi connectivity index (χ3v) is 6.41. The Balaban J connectivity index is 1.47. The lowest BCUT2D eigenvalue weighted by atomic mass is 9.97. The first kappa shape index (κ1) is 22.8. The predicted molar refractivity (Wildman–Crippen MR) is 120 cm³/mol. The average molecular weight is 486 g/mol. The number of rotatable bonds is 3. The number of carbonyl (C=O) groups is 1. The summed E-state index contributed by atoms with van der Waals surface area (Å²) in [6, 6.07) is 8.27.